The molecule has 0 aromatic carbocycles. The normalized spacial score (nSPS) is 11.8. The summed E-state index contributed by atoms with van der Waals surface area (Å²) in [5, 5.41) is 0. The highest BCUT2D eigenvalue weighted by Crippen LogP contribution is 2.24. The number of hydrogen-bond donors (Lipinski definition) is 1. The predicted octanol–water partition coefficient (Wildman–Crippen LogP) is 2.97. The quantitative estimate of drug-likeness (QED) is 0.900. The molecule has 0 aliphatic heterocycles. The van der Waals surface area contributed by atoms with E-state index in [4.69, 9.17) is 5.73 Å². The van der Waals surface area contributed by atoms with Crippen molar-refractivity contribution < 1.29 is 0 Å². The first-order chi connectivity index (χ1) is 6.83. The Bertz CT molecular complexity index is 356. The number of aryl methyl sites for hydroxylation is 1. The van der Waals surface area contributed by atoms with Gasteiger partial charge in [-0.25, -0.2) is 9.97 Å². The average Bonchev–Trinajstić information content (AvgIpc) is 2.08. The van der Waals surface area contributed by atoms with Gasteiger partial charge in [0.1, 0.15) is 11.6 Å². The Morgan fingerprint density at radius 2 is 1.87 bits per heavy atom. The third-order valence-electron chi connectivity index (χ3n) is 2.02. The zero-order valence-electron chi connectivity index (χ0n) is 9.76. The molecule has 0 amide bonds. The minimum atomic E-state index is 0.186. The van der Waals surface area contributed by atoms with Crippen molar-refractivity contribution in [2.45, 2.75) is 40.5 Å². The van der Waals surface area contributed by atoms with Crippen LogP contribution in [0.1, 0.15) is 39.2 Å². The SMILES string of the molecule is CCc1nc(CC(C)(C)C)nc(N)c1Br. The molecule has 3 nitrogen and oxygen atoms in total. The first-order valence-electron chi connectivity index (χ1n) is 5.14. The summed E-state index contributed by atoms with van der Waals surface area (Å²) in [5.41, 5.74) is 6.99. The molecule has 0 unspecified atom stereocenters. The Kier molecular flexibility index (Phi) is 3.71. The van der Waals surface area contributed by atoms with Crippen molar-refractivity contribution in [3.63, 3.8) is 0 Å². The van der Waals surface area contributed by atoms with Crippen LogP contribution in [0.15, 0.2) is 4.47 Å². The van der Waals surface area contributed by atoms with Crippen LogP contribution in [0.2, 0.25) is 0 Å². The van der Waals surface area contributed by atoms with E-state index >= 15 is 0 Å². The second-order valence-electron chi connectivity index (χ2n) is 4.88. The third kappa shape index (κ3) is 3.45. The molecule has 1 rings (SSSR count). The maximum absolute atomic E-state index is 5.82. The highest BCUT2D eigenvalue weighted by atomic mass is 79.9. The molecule has 0 aliphatic carbocycles. The summed E-state index contributed by atoms with van der Waals surface area (Å²) in [4.78, 5) is 8.79. The molecular formula is C11H18BrN3. The highest BCUT2D eigenvalue weighted by Gasteiger charge is 2.16. The molecule has 0 saturated carbocycles. The van der Waals surface area contributed by atoms with Gasteiger partial charge in [0, 0.05) is 6.42 Å². The molecule has 0 saturated heterocycles. The number of nitrogens with two attached hydrogens (primary N) is 1. The maximum Gasteiger partial charge on any atom is 0.141 e. The lowest BCUT2D eigenvalue weighted by Crippen LogP contribution is -2.14. The Hall–Kier alpha value is -0.640. The molecule has 0 aliphatic rings. The number of halogens is 1. The second-order valence-corrected chi connectivity index (χ2v) is 5.67. The van der Waals surface area contributed by atoms with Gasteiger partial charge in [-0.2, -0.15) is 0 Å². The summed E-state index contributed by atoms with van der Waals surface area (Å²) in [7, 11) is 0. The van der Waals surface area contributed by atoms with Gasteiger partial charge >= 0.3 is 0 Å². The smallest absolute Gasteiger partial charge is 0.141 e. The van der Waals surface area contributed by atoms with Crippen molar-refractivity contribution >= 4 is 21.7 Å². The highest BCUT2D eigenvalue weighted by molar-refractivity contribution is 9.10. The standard InChI is InChI=1S/C11H18BrN3/c1-5-7-9(12)10(13)15-8(14-7)6-11(2,3)4/h5-6H2,1-4H3,(H2,13,14,15). The molecule has 2 N–H and O–H groups in total. The largest absolute Gasteiger partial charge is 0.383 e. The predicted molar refractivity (Wildman–Crippen MR) is 66.7 cm³/mol. The molecule has 0 fully saturated rings. The summed E-state index contributed by atoms with van der Waals surface area (Å²) in [6.45, 7) is 8.56. The molecule has 0 atom stereocenters. The molecule has 15 heavy (non-hydrogen) atoms. The van der Waals surface area contributed by atoms with E-state index in [1.165, 1.54) is 0 Å². The fourth-order valence-electron chi connectivity index (χ4n) is 1.35. The lowest BCUT2D eigenvalue weighted by molar-refractivity contribution is 0.400. The third-order valence-corrected chi connectivity index (χ3v) is 2.88. The van der Waals surface area contributed by atoms with Gasteiger partial charge in [-0.15, -0.1) is 0 Å². The van der Waals surface area contributed by atoms with Crippen molar-refractivity contribution in [1.82, 2.24) is 9.97 Å². The van der Waals surface area contributed by atoms with Gasteiger partial charge in [0.15, 0.2) is 0 Å². The summed E-state index contributed by atoms with van der Waals surface area (Å²) >= 11 is 3.40. The summed E-state index contributed by atoms with van der Waals surface area (Å²) < 4.78 is 0.836. The zero-order chi connectivity index (χ0) is 11.6. The fraction of sp³-hybridized carbons (Fsp3) is 0.636. The van der Waals surface area contributed by atoms with Crippen molar-refractivity contribution in [3.8, 4) is 0 Å². The van der Waals surface area contributed by atoms with Gasteiger partial charge < -0.3 is 5.73 Å². The Morgan fingerprint density at radius 1 is 1.27 bits per heavy atom. The lowest BCUT2D eigenvalue weighted by Gasteiger charge is -2.17. The van der Waals surface area contributed by atoms with Crippen molar-refractivity contribution in [2.75, 3.05) is 5.73 Å². The summed E-state index contributed by atoms with van der Waals surface area (Å²) in [6.07, 6.45) is 1.71. The molecule has 0 bridgehead atoms. The minimum absolute atomic E-state index is 0.186. The van der Waals surface area contributed by atoms with E-state index in [2.05, 4.69) is 53.6 Å². The molecule has 4 heteroatoms. The van der Waals surface area contributed by atoms with E-state index in [0.717, 1.165) is 28.8 Å². The van der Waals surface area contributed by atoms with Gasteiger partial charge in [-0.1, -0.05) is 27.7 Å². The average molecular weight is 272 g/mol. The van der Waals surface area contributed by atoms with Crippen LogP contribution in [-0.2, 0) is 12.8 Å². The van der Waals surface area contributed by atoms with E-state index in [1.807, 2.05) is 0 Å². The lowest BCUT2D eigenvalue weighted by atomic mass is 9.92. The number of nitrogen functional groups attached to an aromatic ring is 1. The van der Waals surface area contributed by atoms with Crippen LogP contribution in [0.25, 0.3) is 0 Å². The molecule has 1 aromatic rings. The zero-order valence-corrected chi connectivity index (χ0v) is 11.3. The number of nitrogens with zero attached hydrogens (tertiary/aromatic N) is 2. The monoisotopic (exact) mass is 271 g/mol. The van der Waals surface area contributed by atoms with Crippen LogP contribution in [0.4, 0.5) is 5.82 Å². The molecule has 1 heterocycles. The van der Waals surface area contributed by atoms with Crippen LogP contribution in [0.3, 0.4) is 0 Å². The molecule has 1 aromatic heterocycles. The molecular weight excluding hydrogens is 254 g/mol. The van der Waals surface area contributed by atoms with E-state index in [-0.39, 0.29) is 5.41 Å². The van der Waals surface area contributed by atoms with Crippen molar-refractivity contribution in [3.05, 3.63) is 16.0 Å². The first kappa shape index (κ1) is 12.4. The Labute approximate surface area is 99.6 Å². The second kappa shape index (κ2) is 4.47. The number of hydrogen-bond acceptors (Lipinski definition) is 3. The molecule has 0 spiro atoms. The summed E-state index contributed by atoms with van der Waals surface area (Å²) in [5.74, 6) is 1.38. The van der Waals surface area contributed by atoms with Gasteiger partial charge in [0.25, 0.3) is 0 Å². The molecule has 0 radical (unpaired) electrons. The van der Waals surface area contributed by atoms with Gasteiger partial charge in [0.05, 0.1) is 10.2 Å². The van der Waals surface area contributed by atoms with E-state index < -0.39 is 0 Å². The van der Waals surface area contributed by atoms with E-state index in [9.17, 15) is 0 Å². The number of aromatic nitrogens is 2. The first-order valence-corrected chi connectivity index (χ1v) is 5.93. The fourth-order valence-corrected chi connectivity index (χ4v) is 1.81. The molecule has 84 valence electrons. The van der Waals surface area contributed by atoms with Gasteiger partial charge in [-0.05, 0) is 27.8 Å². The maximum atomic E-state index is 5.82. The van der Waals surface area contributed by atoms with E-state index in [1.54, 1.807) is 0 Å². The number of anilines is 1. The van der Waals surface area contributed by atoms with Crippen LogP contribution in [-0.4, -0.2) is 9.97 Å². The van der Waals surface area contributed by atoms with Crippen molar-refractivity contribution in [1.29, 1.82) is 0 Å². The van der Waals surface area contributed by atoms with Crippen LogP contribution in [0.5, 0.6) is 0 Å². The van der Waals surface area contributed by atoms with Gasteiger partial charge in [0.2, 0.25) is 0 Å². The summed E-state index contributed by atoms with van der Waals surface area (Å²) in [6, 6.07) is 0. The van der Waals surface area contributed by atoms with Crippen LogP contribution in [0, 0.1) is 5.41 Å². The van der Waals surface area contributed by atoms with E-state index in [0.29, 0.717) is 5.82 Å². The topological polar surface area (TPSA) is 51.8 Å². The van der Waals surface area contributed by atoms with Crippen LogP contribution < -0.4 is 5.73 Å². The van der Waals surface area contributed by atoms with Crippen molar-refractivity contribution in [2.24, 2.45) is 5.41 Å². The number of rotatable bonds is 2. The van der Waals surface area contributed by atoms with Gasteiger partial charge in [-0.3, -0.25) is 0 Å². The Balaban J connectivity index is 3.06. The van der Waals surface area contributed by atoms with Crippen LogP contribution >= 0.6 is 15.9 Å². The Morgan fingerprint density at radius 3 is 2.33 bits per heavy atom. The minimum Gasteiger partial charge on any atom is -0.383 e.